The van der Waals surface area contributed by atoms with E-state index >= 15 is 0 Å². The van der Waals surface area contributed by atoms with E-state index in [1.54, 1.807) is 32.4 Å². The number of hydrogen-bond donors (Lipinski definition) is 1. The predicted octanol–water partition coefficient (Wildman–Crippen LogP) is 4.80. The van der Waals surface area contributed by atoms with E-state index in [1.165, 1.54) is 0 Å². The first-order chi connectivity index (χ1) is 13.6. The van der Waals surface area contributed by atoms with Crippen molar-refractivity contribution in [2.24, 2.45) is 0 Å². The molecule has 0 saturated carbocycles. The quantitative estimate of drug-likeness (QED) is 0.645. The van der Waals surface area contributed by atoms with Crippen molar-refractivity contribution >= 4 is 6.29 Å². The standard InChI is InChI=1S/C24H32O5/c1-15(2)18-10-8-16(12-20(18)27-6)23(26)22(14-25)29-19-11-9-17(24(3,4)5)13-21(19)28-7/h8-15,22-23,26H,1-7H3. The Morgan fingerprint density at radius 1 is 0.931 bits per heavy atom. The number of benzene rings is 2. The summed E-state index contributed by atoms with van der Waals surface area (Å²) in [4.78, 5) is 11.7. The topological polar surface area (TPSA) is 65.0 Å². The van der Waals surface area contributed by atoms with Gasteiger partial charge in [-0.05, 0) is 46.2 Å². The molecule has 5 nitrogen and oxygen atoms in total. The van der Waals surface area contributed by atoms with Crippen molar-refractivity contribution in [3.63, 3.8) is 0 Å². The molecule has 0 aromatic heterocycles. The number of carbonyl (C=O) groups excluding carboxylic acids is 1. The van der Waals surface area contributed by atoms with Gasteiger partial charge in [-0.1, -0.05) is 52.8 Å². The molecule has 2 aromatic rings. The maximum absolute atomic E-state index is 11.7. The van der Waals surface area contributed by atoms with Crippen molar-refractivity contribution in [1.82, 2.24) is 0 Å². The molecular weight excluding hydrogens is 368 g/mol. The van der Waals surface area contributed by atoms with Gasteiger partial charge in [-0.2, -0.15) is 0 Å². The highest BCUT2D eigenvalue weighted by molar-refractivity contribution is 5.60. The Hall–Kier alpha value is -2.53. The minimum absolute atomic E-state index is 0.0515. The summed E-state index contributed by atoms with van der Waals surface area (Å²) in [5.41, 5.74) is 2.61. The summed E-state index contributed by atoms with van der Waals surface area (Å²) >= 11 is 0. The van der Waals surface area contributed by atoms with Crippen LogP contribution >= 0.6 is 0 Å². The summed E-state index contributed by atoms with van der Waals surface area (Å²) in [7, 11) is 3.14. The van der Waals surface area contributed by atoms with Gasteiger partial charge in [-0.25, -0.2) is 0 Å². The minimum Gasteiger partial charge on any atom is -0.496 e. The Bertz CT molecular complexity index is 836. The molecule has 0 radical (unpaired) electrons. The second-order valence-electron chi connectivity index (χ2n) is 8.44. The maximum Gasteiger partial charge on any atom is 0.184 e. The van der Waals surface area contributed by atoms with Crippen molar-refractivity contribution in [2.75, 3.05) is 14.2 Å². The molecule has 0 saturated heterocycles. The van der Waals surface area contributed by atoms with Crippen LogP contribution in [-0.2, 0) is 10.2 Å². The van der Waals surface area contributed by atoms with Crippen LogP contribution in [-0.4, -0.2) is 31.7 Å². The molecule has 0 amide bonds. The molecule has 0 spiro atoms. The average molecular weight is 401 g/mol. The summed E-state index contributed by atoms with van der Waals surface area (Å²) in [5, 5.41) is 10.8. The van der Waals surface area contributed by atoms with E-state index < -0.39 is 12.2 Å². The van der Waals surface area contributed by atoms with Crippen molar-refractivity contribution in [3.8, 4) is 17.2 Å². The second-order valence-corrected chi connectivity index (χ2v) is 8.44. The smallest absolute Gasteiger partial charge is 0.184 e. The van der Waals surface area contributed by atoms with Gasteiger partial charge in [-0.3, -0.25) is 4.79 Å². The van der Waals surface area contributed by atoms with Gasteiger partial charge in [0.25, 0.3) is 0 Å². The third-order valence-electron chi connectivity index (χ3n) is 4.96. The van der Waals surface area contributed by atoms with E-state index in [0.717, 1.165) is 11.1 Å². The molecule has 0 aliphatic carbocycles. The number of aldehydes is 1. The van der Waals surface area contributed by atoms with Crippen molar-refractivity contribution < 1.29 is 24.1 Å². The Morgan fingerprint density at radius 3 is 2.10 bits per heavy atom. The first kappa shape index (κ1) is 22.8. The summed E-state index contributed by atoms with van der Waals surface area (Å²) in [6.45, 7) is 10.5. The average Bonchev–Trinajstić information content (AvgIpc) is 2.69. The number of rotatable bonds is 8. The molecule has 2 unspecified atom stereocenters. The fraction of sp³-hybridized carbons (Fsp3) is 0.458. The lowest BCUT2D eigenvalue weighted by Crippen LogP contribution is -2.27. The Morgan fingerprint density at radius 2 is 1.59 bits per heavy atom. The highest BCUT2D eigenvalue weighted by Gasteiger charge is 2.26. The highest BCUT2D eigenvalue weighted by Crippen LogP contribution is 2.35. The molecule has 0 aliphatic rings. The fourth-order valence-corrected chi connectivity index (χ4v) is 3.12. The number of methoxy groups -OCH3 is 2. The minimum atomic E-state index is -1.14. The van der Waals surface area contributed by atoms with Crippen LogP contribution < -0.4 is 14.2 Å². The van der Waals surface area contributed by atoms with Gasteiger partial charge in [0.2, 0.25) is 0 Å². The largest absolute Gasteiger partial charge is 0.496 e. The zero-order valence-corrected chi connectivity index (χ0v) is 18.4. The number of hydrogen-bond acceptors (Lipinski definition) is 5. The molecule has 2 aromatic carbocycles. The molecule has 0 heterocycles. The molecule has 1 N–H and O–H groups in total. The third kappa shape index (κ3) is 5.30. The molecule has 0 aliphatic heterocycles. The zero-order valence-electron chi connectivity index (χ0n) is 18.4. The van der Waals surface area contributed by atoms with E-state index in [0.29, 0.717) is 29.1 Å². The number of aliphatic hydroxyl groups is 1. The second kappa shape index (κ2) is 9.31. The summed E-state index contributed by atoms with van der Waals surface area (Å²) in [6, 6.07) is 11.0. The van der Waals surface area contributed by atoms with Crippen LogP contribution in [0.4, 0.5) is 0 Å². The van der Waals surface area contributed by atoms with Crippen molar-refractivity contribution in [1.29, 1.82) is 0 Å². The Labute approximate surface area is 173 Å². The normalized spacial score (nSPS) is 13.7. The molecule has 2 rings (SSSR count). The SMILES string of the molecule is COc1cc(C(C)(C)C)ccc1OC(C=O)C(O)c1ccc(C(C)C)c(OC)c1. The first-order valence-electron chi connectivity index (χ1n) is 9.78. The molecule has 5 heteroatoms. The van der Waals surface area contributed by atoms with Gasteiger partial charge in [0.05, 0.1) is 14.2 Å². The van der Waals surface area contributed by atoms with Crippen LogP contribution in [0.3, 0.4) is 0 Å². The van der Waals surface area contributed by atoms with E-state index in [9.17, 15) is 9.90 Å². The number of carbonyl (C=O) groups is 1. The zero-order chi connectivity index (χ0) is 21.8. The summed E-state index contributed by atoms with van der Waals surface area (Å²) in [6.07, 6.45) is -1.63. The molecule has 0 bridgehead atoms. The Balaban J connectivity index is 2.31. The molecule has 158 valence electrons. The van der Waals surface area contributed by atoms with Crippen molar-refractivity contribution in [3.05, 3.63) is 53.1 Å². The highest BCUT2D eigenvalue weighted by atomic mass is 16.5. The van der Waals surface area contributed by atoms with Crippen LogP contribution in [0.5, 0.6) is 17.2 Å². The van der Waals surface area contributed by atoms with Gasteiger partial charge in [0, 0.05) is 0 Å². The van der Waals surface area contributed by atoms with Crippen LogP contribution in [0.1, 0.15) is 63.3 Å². The lowest BCUT2D eigenvalue weighted by atomic mass is 9.87. The van der Waals surface area contributed by atoms with Crippen LogP contribution in [0.25, 0.3) is 0 Å². The molecule has 29 heavy (non-hydrogen) atoms. The predicted molar refractivity (Wildman–Crippen MR) is 114 cm³/mol. The fourth-order valence-electron chi connectivity index (χ4n) is 3.12. The van der Waals surface area contributed by atoms with Crippen molar-refractivity contribution in [2.45, 2.75) is 58.2 Å². The molecule has 2 atom stereocenters. The molecule has 0 fully saturated rings. The molecular formula is C24H32O5. The lowest BCUT2D eigenvalue weighted by molar-refractivity contribution is -0.118. The van der Waals surface area contributed by atoms with E-state index in [2.05, 4.69) is 34.6 Å². The number of aliphatic hydroxyl groups excluding tert-OH is 1. The van der Waals surface area contributed by atoms with Crippen LogP contribution in [0, 0.1) is 0 Å². The summed E-state index contributed by atoms with van der Waals surface area (Å²) < 4.78 is 16.7. The van der Waals surface area contributed by atoms with E-state index in [1.807, 2.05) is 18.2 Å². The van der Waals surface area contributed by atoms with Gasteiger partial charge in [0.15, 0.2) is 23.9 Å². The van der Waals surface area contributed by atoms with Gasteiger partial charge in [-0.15, -0.1) is 0 Å². The number of ether oxygens (including phenoxy) is 3. The van der Waals surface area contributed by atoms with Crippen LogP contribution in [0.15, 0.2) is 36.4 Å². The third-order valence-corrected chi connectivity index (χ3v) is 4.96. The van der Waals surface area contributed by atoms with E-state index in [4.69, 9.17) is 14.2 Å². The summed E-state index contributed by atoms with van der Waals surface area (Å²) in [5.74, 6) is 1.87. The van der Waals surface area contributed by atoms with Gasteiger partial charge in [0.1, 0.15) is 11.9 Å². The first-order valence-corrected chi connectivity index (χ1v) is 9.78. The Kier molecular flexibility index (Phi) is 7.31. The monoisotopic (exact) mass is 400 g/mol. The van der Waals surface area contributed by atoms with Gasteiger partial charge >= 0.3 is 0 Å². The maximum atomic E-state index is 11.7. The van der Waals surface area contributed by atoms with Crippen LogP contribution in [0.2, 0.25) is 0 Å². The lowest BCUT2D eigenvalue weighted by Gasteiger charge is -2.24. The van der Waals surface area contributed by atoms with E-state index in [-0.39, 0.29) is 11.3 Å². The van der Waals surface area contributed by atoms with Gasteiger partial charge < -0.3 is 19.3 Å².